The lowest BCUT2D eigenvalue weighted by Crippen LogP contribution is -1.98. The van der Waals surface area contributed by atoms with Crippen molar-refractivity contribution < 1.29 is 4.74 Å². The predicted molar refractivity (Wildman–Crippen MR) is 66.8 cm³/mol. The summed E-state index contributed by atoms with van der Waals surface area (Å²) in [5.41, 5.74) is 7.49. The molecule has 1 aromatic heterocycles. The lowest BCUT2D eigenvalue weighted by Gasteiger charge is -2.08. The fraction of sp³-hybridized carbons (Fsp3) is 0.154. The van der Waals surface area contributed by atoms with E-state index in [9.17, 15) is 0 Å². The smallest absolute Gasteiger partial charge is 0.139 e. The van der Waals surface area contributed by atoms with Crippen molar-refractivity contribution in [2.24, 2.45) is 0 Å². The van der Waals surface area contributed by atoms with Crippen LogP contribution in [0.4, 0.5) is 5.69 Å². The predicted octanol–water partition coefficient (Wildman–Crippen LogP) is 1.96. The number of nitrogens with two attached hydrogens (primary N) is 1. The van der Waals surface area contributed by atoms with Crippen LogP contribution in [0.3, 0.4) is 0 Å². The lowest BCUT2D eigenvalue weighted by atomic mass is 10.1. The second-order valence-corrected chi connectivity index (χ2v) is 3.61. The molecule has 88 valence electrons. The number of nitriles is 2. The number of benzene rings is 1. The summed E-state index contributed by atoms with van der Waals surface area (Å²) in [7, 11) is 0. The molecule has 0 aliphatic heterocycles. The summed E-state index contributed by atoms with van der Waals surface area (Å²) in [5, 5.41) is 18.5. The van der Waals surface area contributed by atoms with Gasteiger partial charge in [0.05, 0.1) is 28.9 Å². The third kappa shape index (κ3) is 1.79. The Balaban J connectivity index is 2.77. The van der Waals surface area contributed by atoms with Crippen LogP contribution in [-0.4, -0.2) is 11.6 Å². The van der Waals surface area contributed by atoms with E-state index in [1.54, 1.807) is 12.1 Å². The number of fused-ring (bicyclic) bond motifs is 1. The van der Waals surface area contributed by atoms with Crippen molar-refractivity contribution in [3.05, 3.63) is 29.5 Å². The molecule has 0 aliphatic carbocycles. The van der Waals surface area contributed by atoms with E-state index in [1.165, 1.54) is 6.20 Å². The highest BCUT2D eigenvalue weighted by Crippen LogP contribution is 2.29. The minimum Gasteiger partial charge on any atom is -0.492 e. The molecule has 0 saturated carbocycles. The van der Waals surface area contributed by atoms with Gasteiger partial charge in [0.2, 0.25) is 0 Å². The van der Waals surface area contributed by atoms with Gasteiger partial charge in [-0.2, -0.15) is 10.5 Å². The van der Waals surface area contributed by atoms with Crippen molar-refractivity contribution in [1.82, 2.24) is 4.98 Å². The molecule has 0 atom stereocenters. The largest absolute Gasteiger partial charge is 0.492 e. The molecule has 0 saturated heterocycles. The van der Waals surface area contributed by atoms with Gasteiger partial charge in [0, 0.05) is 17.6 Å². The molecule has 0 radical (unpaired) electrons. The summed E-state index contributed by atoms with van der Waals surface area (Å²) in [6.07, 6.45) is 1.42. The van der Waals surface area contributed by atoms with Crippen LogP contribution in [-0.2, 0) is 0 Å². The molecule has 18 heavy (non-hydrogen) atoms. The van der Waals surface area contributed by atoms with Crippen LogP contribution in [0.2, 0.25) is 0 Å². The van der Waals surface area contributed by atoms with Crippen molar-refractivity contribution in [2.75, 3.05) is 12.3 Å². The maximum Gasteiger partial charge on any atom is 0.139 e. The average Bonchev–Trinajstić information content (AvgIpc) is 2.39. The molecule has 2 N–H and O–H groups in total. The summed E-state index contributed by atoms with van der Waals surface area (Å²) in [5.74, 6) is 0.476. The molecule has 0 aliphatic rings. The monoisotopic (exact) mass is 238 g/mol. The maximum absolute atomic E-state index is 9.07. The van der Waals surface area contributed by atoms with Gasteiger partial charge in [-0.15, -0.1) is 0 Å². The Kier molecular flexibility index (Phi) is 2.99. The average molecular weight is 238 g/mol. The Hall–Kier alpha value is -2.79. The highest BCUT2D eigenvalue weighted by molar-refractivity contribution is 5.94. The summed E-state index contributed by atoms with van der Waals surface area (Å²) in [4.78, 5) is 4.14. The Morgan fingerprint density at radius 1 is 1.28 bits per heavy atom. The van der Waals surface area contributed by atoms with E-state index in [1.807, 2.05) is 19.1 Å². The van der Waals surface area contributed by atoms with Gasteiger partial charge in [-0.05, 0) is 13.0 Å². The minimum absolute atomic E-state index is 0.301. The van der Waals surface area contributed by atoms with Gasteiger partial charge >= 0.3 is 0 Å². The molecule has 2 aromatic rings. The molecule has 5 nitrogen and oxygen atoms in total. The van der Waals surface area contributed by atoms with Gasteiger partial charge < -0.3 is 10.5 Å². The van der Waals surface area contributed by atoms with Crippen LogP contribution in [0.25, 0.3) is 10.9 Å². The molecule has 0 unspecified atom stereocenters. The number of rotatable bonds is 2. The topological polar surface area (TPSA) is 95.7 Å². The number of aromatic nitrogens is 1. The molecule has 1 heterocycles. The number of nitrogens with zero attached hydrogens (tertiary/aromatic N) is 3. The van der Waals surface area contributed by atoms with Crippen molar-refractivity contribution in [2.45, 2.75) is 6.92 Å². The van der Waals surface area contributed by atoms with Crippen molar-refractivity contribution in [1.29, 1.82) is 10.5 Å². The highest BCUT2D eigenvalue weighted by Gasteiger charge is 2.11. The number of nitrogen functional groups attached to an aromatic ring is 1. The Labute approximate surface area is 104 Å². The van der Waals surface area contributed by atoms with Gasteiger partial charge in [0.1, 0.15) is 17.9 Å². The zero-order valence-corrected chi connectivity index (χ0v) is 9.77. The SMILES string of the molecule is CCOc1cc2ncc(C#N)c(N)c2cc1C#N. The fourth-order valence-electron chi connectivity index (χ4n) is 1.69. The van der Waals surface area contributed by atoms with Gasteiger partial charge in [0.25, 0.3) is 0 Å². The normalized spacial score (nSPS) is 9.72. The zero-order valence-electron chi connectivity index (χ0n) is 9.77. The van der Waals surface area contributed by atoms with Crippen LogP contribution in [0.5, 0.6) is 5.75 Å². The molecule has 0 fully saturated rings. The van der Waals surface area contributed by atoms with E-state index in [-0.39, 0.29) is 0 Å². The van der Waals surface area contributed by atoms with Gasteiger partial charge in [0.15, 0.2) is 0 Å². The second-order valence-electron chi connectivity index (χ2n) is 3.61. The molecule has 0 spiro atoms. The number of hydrogen-bond acceptors (Lipinski definition) is 5. The third-order valence-electron chi connectivity index (χ3n) is 2.55. The first-order chi connectivity index (χ1) is 8.71. The van der Waals surface area contributed by atoms with Crippen molar-refractivity contribution >= 4 is 16.6 Å². The number of hydrogen-bond donors (Lipinski definition) is 1. The van der Waals surface area contributed by atoms with E-state index in [0.29, 0.717) is 40.1 Å². The van der Waals surface area contributed by atoms with Crippen LogP contribution in [0, 0.1) is 22.7 Å². The molecular weight excluding hydrogens is 228 g/mol. The number of ether oxygens (including phenoxy) is 1. The minimum atomic E-state index is 0.301. The molecule has 5 heteroatoms. The molecule has 0 amide bonds. The van der Waals surface area contributed by atoms with Crippen LogP contribution >= 0.6 is 0 Å². The van der Waals surface area contributed by atoms with Crippen molar-refractivity contribution in [3.63, 3.8) is 0 Å². The van der Waals surface area contributed by atoms with Crippen molar-refractivity contribution in [3.8, 4) is 17.9 Å². The Bertz CT molecular complexity index is 695. The molecule has 0 bridgehead atoms. The first-order valence-electron chi connectivity index (χ1n) is 5.36. The fourth-order valence-corrected chi connectivity index (χ4v) is 1.69. The van der Waals surface area contributed by atoms with E-state index < -0.39 is 0 Å². The quantitative estimate of drug-likeness (QED) is 0.862. The van der Waals surface area contributed by atoms with Crippen LogP contribution < -0.4 is 10.5 Å². The standard InChI is InChI=1S/C13H10N4O/c1-2-18-12-4-11-10(3-8(12)5-14)13(16)9(6-15)7-17-11/h3-4,7H,2H2,1H3,(H2,16,17). The van der Waals surface area contributed by atoms with E-state index in [0.717, 1.165) is 0 Å². The van der Waals surface area contributed by atoms with Crippen LogP contribution in [0.1, 0.15) is 18.1 Å². The number of anilines is 1. The third-order valence-corrected chi connectivity index (χ3v) is 2.55. The zero-order chi connectivity index (χ0) is 13.1. The van der Waals surface area contributed by atoms with Crippen LogP contribution in [0.15, 0.2) is 18.3 Å². The summed E-state index contributed by atoms with van der Waals surface area (Å²) in [6, 6.07) is 7.27. The van der Waals surface area contributed by atoms with E-state index in [2.05, 4.69) is 4.98 Å². The highest BCUT2D eigenvalue weighted by atomic mass is 16.5. The van der Waals surface area contributed by atoms with Gasteiger partial charge in [-0.1, -0.05) is 0 Å². The van der Waals surface area contributed by atoms with E-state index >= 15 is 0 Å². The summed E-state index contributed by atoms with van der Waals surface area (Å²) < 4.78 is 5.36. The second kappa shape index (κ2) is 4.60. The summed E-state index contributed by atoms with van der Waals surface area (Å²) in [6.45, 7) is 2.30. The lowest BCUT2D eigenvalue weighted by molar-refractivity contribution is 0.339. The van der Waals surface area contributed by atoms with Gasteiger partial charge in [-0.25, -0.2) is 0 Å². The number of pyridine rings is 1. The molecule has 1 aromatic carbocycles. The van der Waals surface area contributed by atoms with E-state index in [4.69, 9.17) is 21.0 Å². The maximum atomic E-state index is 9.07. The molecule has 2 rings (SSSR count). The summed E-state index contributed by atoms with van der Waals surface area (Å²) >= 11 is 0. The molecular formula is C13H10N4O. The first-order valence-corrected chi connectivity index (χ1v) is 5.36. The van der Waals surface area contributed by atoms with Gasteiger partial charge in [-0.3, -0.25) is 4.98 Å². The first kappa shape index (κ1) is 11.7. The Morgan fingerprint density at radius 3 is 2.61 bits per heavy atom. The Morgan fingerprint density at radius 2 is 2.00 bits per heavy atom.